The molecule has 9 heteroatoms. The monoisotopic (exact) mass is 504 g/mol. The van der Waals surface area contributed by atoms with Crippen molar-refractivity contribution in [2.24, 2.45) is 0 Å². The molecule has 0 saturated heterocycles. The van der Waals surface area contributed by atoms with Crippen molar-refractivity contribution in [3.05, 3.63) is 64.2 Å². The molecule has 0 radical (unpaired) electrons. The zero-order valence-corrected chi connectivity index (χ0v) is 20.7. The van der Waals surface area contributed by atoms with Crippen LogP contribution in [0.2, 0.25) is 0 Å². The molecule has 0 unspecified atom stereocenters. The number of nitriles is 2. The molecule has 0 aliphatic carbocycles. The smallest absolute Gasteiger partial charge is 0.117 e. The Bertz CT molecular complexity index is 1370. The summed E-state index contributed by atoms with van der Waals surface area (Å²) in [6.45, 7) is 12.9. The Morgan fingerprint density at radius 1 is 0.909 bits per heavy atom. The summed E-state index contributed by atoms with van der Waals surface area (Å²) in [5.74, 6) is 0. The number of rotatable bonds is 3. The van der Waals surface area contributed by atoms with Crippen molar-refractivity contribution in [3.63, 3.8) is 0 Å². The molecule has 0 spiro atoms. The molecule has 4 rings (SSSR count). The van der Waals surface area contributed by atoms with E-state index in [0.29, 0.717) is 0 Å². The molecule has 0 atom stereocenters. The molecule has 0 aliphatic rings. The molecule has 8 nitrogen and oxygen atoms in total. The lowest BCUT2D eigenvalue weighted by atomic mass is 10.1. The Balaban J connectivity index is 0.000000204. The van der Waals surface area contributed by atoms with Crippen LogP contribution in [0.25, 0.3) is 28.1 Å². The van der Waals surface area contributed by atoms with Crippen LogP contribution in [-0.4, -0.2) is 30.0 Å². The molecule has 0 aliphatic heterocycles. The summed E-state index contributed by atoms with van der Waals surface area (Å²) >= 11 is 3.47. The average Bonchev–Trinajstić information content (AvgIpc) is 3.46. The molecule has 0 bridgehead atoms. The van der Waals surface area contributed by atoms with E-state index in [1.54, 1.807) is 12.1 Å². The Hall–Kier alpha value is -3.82. The van der Waals surface area contributed by atoms with Gasteiger partial charge < -0.3 is 0 Å². The van der Waals surface area contributed by atoms with Crippen molar-refractivity contribution in [1.82, 2.24) is 30.0 Å². The van der Waals surface area contributed by atoms with E-state index < -0.39 is 0 Å². The highest BCUT2D eigenvalue weighted by atomic mass is 79.9. The van der Waals surface area contributed by atoms with Crippen LogP contribution in [0.4, 0.5) is 0 Å². The number of halogens is 1. The Morgan fingerprint density at radius 3 is 1.91 bits per heavy atom. The highest BCUT2D eigenvalue weighted by Gasteiger charge is 2.08. The lowest BCUT2D eigenvalue weighted by Gasteiger charge is -2.01. The highest BCUT2D eigenvalue weighted by molar-refractivity contribution is 9.10. The first-order chi connectivity index (χ1) is 15.9. The molecule has 0 fully saturated rings. The second-order valence-corrected chi connectivity index (χ2v) is 7.65. The number of benzene rings is 2. The predicted octanol–water partition coefficient (Wildman–Crippen LogP) is 5.51. The average molecular weight is 505 g/mol. The zero-order chi connectivity index (χ0) is 24.4. The van der Waals surface area contributed by atoms with Crippen LogP contribution >= 0.6 is 15.9 Å². The van der Waals surface area contributed by atoms with E-state index in [9.17, 15) is 0 Å². The highest BCUT2D eigenvalue weighted by Crippen LogP contribution is 2.23. The number of hydrogen-bond acceptors (Lipinski definition) is 6. The largest absolute Gasteiger partial charge is 0.245 e. The van der Waals surface area contributed by atoms with E-state index in [0.717, 1.165) is 56.3 Å². The van der Waals surface area contributed by atoms with Crippen molar-refractivity contribution >= 4 is 44.1 Å². The van der Waals surface area contributed by atoms with E-state index in [1.807, 2.05) is 60.5 Å². The number of nitrogens with zero attached hydrogens (tertiary/aromatic N) is 8. The molecule has 33 heavy (non-hydrogen) atoms. The number of allylic oxidation sites excluding steroid dienone is 2. The maximum absolute atomic E-state index is 8.51. The molecule has 0 amide bonds. The Morgan fingerprint density at radius 2 is 1.42 bits per heavy atom. The fraction of sp³-hybridized carbons (Fsp3) is 0.250. The van der Waals surface area contributed by atoms with Crippen LogP contribution < -0.4 is 0 Å². The van der Waals surface area contributed by atoms with E-state index in [4.69, 9.17) is 10.5 Å². The topological polar surface area (TPSA) is 109 Å². The summed E-state index contributed by atoms with van der Waals surface area (Å²) in [6, 6.07) is 11.7. The minimum atomic E-state index is 0.809. The summed E-state index contributed by atoms with van der Waals surface area (Å²) < 4.78 is 4.85. The maximum Gasteiger partial charge on any atom is 0.117 e. The summed E-state index contributed by atoms with van der Waals surface area (Å²) in [5.41, 5.74) is 7.24. The minimum Gasteiger partial charge on any atom is -0.245 e. The SMILES string of the molecule is C=CC#N.CCn1nnc2c(C)c(/C=C/C#N)ccc21.CCn1nnc2c(C)c(Br)ccc21. The van der Waals surface area contributed by atoms with Gasteiger partial charge in [-0.15, -0.1) is 10.2 Å². The quantitative estimate of drug-likeness (QED) is 0.340. The third-order valence-corrected chi connectivity index (χ3v) is 5.74. The minimum absolute atomic E-state index is 0.809. The van der Waals surface area contributed by atoms with Crippen molar-refractivity contribution in [2.45, 2.75) is 40.8 Å². The molecule has 2 aromatic carbocycles. The van der Waals surface area contributed by atoms with E-state index in [1.165, 1.54) is 12.2 Å². The molecule has 0 saturated carbocycles. The van der Waals surface area contributed by atoms with Crippen LogP contribution in [0.5, 0.6) is 0 Å². The molecule has 2 aromatic heterocycles. The van der Waals surface area contributed by atoms with Crippen molar-refractivity contribution in [1.29, 1.82) is 10.5 Å². The van der Waals surface area contributed by atoms with Gasteiger partial charge in [-0.05, 0) is 68.7 Å². The first-order valence-corrected chi connectivity index (χ1v) is 11.1. The van der Waals surface area contributed by atoms with Gasteiger partial charge >= 0.3 is 0 Å². The summed E-state index contributed by atoms with van der Waals surface area (Å²) in [7, 11) is 0. The first kappa shape index (κ1) is 25.4. The third kappa shape index (κ3) is 5.91. The van der Waals surface area contributed by atoms with Gasteiger partial charge in [0.05, 0.1) is 23.2 Å². The van der Waals surface area contributed by atoms with Gasteiger partial charge in [-0.2, -0.15) is 10.5 Å². The number of fused-ring (bicyclic) bond motifs is 2. The van der Waals surface area contributed by atoms with Gasteiger partial charge in [0.15, 0.2) is 0 Å². The second-order valence-electron chi connectivity index (χ2n) is 6.79. The van der Waals surface area contributed by atoms with Gasteiger partial charge in [-0.1, -0.05) is 39.0 Å². The molecular weight excluding hydrogens is 480 g/mol. The lowest BCUT2D eigenvalue weighted by Crippen LogP contribution is -1.95. The first-order valence-electron chi connectivity index (χ1n) is 10.3. The molecule has 2 heterocycles. The number of aryl methyl sites for hydroxylation is 4. The van der Waals surface area contributed by atoms with E-state index in [2.05, 4.69) is 50.1 Å². The van der Waals surface area contributed by atoms with E-state index in [-0.39, 0.29) is 0 Å². The van der Waals surface area contributed by atoms with Gasteiger partial charge in [0.2, 0.25) is 0 Å². The van der Waals surface area contributed by atoms with Crippen LogP contribution in [0.15, 0.2) is 47.5 Å². The van der Waals surface area contributed by atoms with Gasteiger partial charge in [0.1, 0.15) is 11.0 Å². The molecule has 0 N–H and O–H groups in total. The summed E-state index contributed by atoms with van der Waals surface area (Å²) in [6.07, 6.45) is 4.44. The molecule has 168 valence electrons. The lowest BCUT2D eigenvalue weighted by molar-refractivity contribution is 0.646. The fourth-order valence-corrected chi connectivity index (χ4v) is 3.42. The number of aromatic nitrogens is 6. The summed E-state index contributed by atoms with van der Waals surface area (Å²) in [5, 5.41) is 32.4. The van der Waals surface area contributed by atoms with Crippen molar-refractivity contribution in [2.75, 3.05) is 0 Å². The van der Waals surface area contributed by atoms with Crippen LogP contribution in [-0.2, 0) is 13.1 Å². The Labute approximate surface area is 201 Å². The van der Waals surface area contributed by atoms with Crippen LogP contribution in [0.3, 0.4) is 0 Å². The maximum atomic E-state index is 8.51. The van der Waals surface area contributed by atoms with E-state index >= 15 is 0 Å². The van der Waals surface area contributed by atoms with Gasteiger partial charge in [0, 0.05) is 29.7 Å². The fourth-order valence-electron chi connectivity index (χ4n) is 3.10. The number of hydrogen-bond donors (Lipinski definition) is 0. The molecular formula is C24H25BrN8. The normalized spacial score (nSPS) is 10.2. The van der Waals surface area contributed by atoms with Gasteiger partial charge in [0.25, 0.3) is 0 Å². The third-order valence-electron chi connectivity index (χ3n) is 4.88. The van der Waals surface area contributed by atoms with Crippen LogP contribution in [0.1, 0.15) is 30.5 Å². The standard InChI is InChI=1S/C12H12N4.C9H10BrN3.C3H3N/c1-3-16-11-7-6-10(5-4-8-13)9(2)12(11)14-15-16;1-3-13-8-5-4-7(10)6(2)9(8)11-12-13;1-2-3-4/h4-7H,3H2,1-2H3;4-5H,3H2,1-2H3;2H,1H2/b5-4+;;. The van der Waals surface area contributed by atoms with Gasteiger partial charge in [-0.25, -0.2) is 9.36 Å². The second kappa shape index (κ2) is 12.3. The molecule has 4 aromatic rings. The van der Waals surface area contributed by atoms with Crippen LogP contribution in [0, 0.1) is 36.5 Å². The Kier molecular flexibility index (Phi) is 9.46. The summed E-state index contributed by atoms with van der Waals surface area (Å²) in [4.78, 5) is 0. The predicted molar refractivity (Wildman–Crippen MR) is 134 cm³/mol. The van der Waals surface area contributed by atoms with Gasteiger partial charge in [-0.3, -0.25) is 0 Å². The van der Waals surface area contributed by atoms with Crippen molar-refractivity contribution < 1.29 is 0 Å². The zero-order valence-electron chi connectivity index (χ0n) is 19.1. The van der Waals surface area contributed by atoms with Crippen molar-refractivity contribution in [3.8, 4) is 12.1 Å².